The lowest BCUT2D eigenvalue weighted by Crippen LogP contribution is -2.15. The Kier molecular flexibility index (Phi) is 6.80. The SMILES string of the molecule is CC1(C)c2ccc(-c3ccc(-c4cc(-c5ccccc5)nc(-c5ccc(-c6ccncc6)cc5)n4)cc3)cc2-c2ccc3ccccc3c21. The summed E-state index contributed by atoms with van der Waals surface area (Å²) in [6, 6.07) is 54.0. The molecule has 0 unspecified atom stereocenters. The number of fused-ring (bicyclic) bond motifs is 5. The van der Waals surface area contributed by atoms with Gasteiger partial charge in [-0.2, -0.15) is 0 Å². The lowest BCUT2D eigenvalue weighted by Gasteiger charge is -2.23. The van der Waals surface area contributed by atoms with Crippen molar-refractivity contribution in [2.24, 2.45) is 0 Å². The zero-order chi connectivity index (χ0) is 33.0. The van der Waals surface area contributed by atoms with Crippen molar-refractivity contribution < 1.29 is 0 Å². The second-order valence-electron chi connectivity index (χ2n) is 13.3. The Hall–Kier alpha value is -6.19. The van der Waals surface area contributed by atoms with Gasteiger partial charge in [0.1, 0.15) is 0 Å². The zero-order valence-electron chi connectivity index (χ0n) is 27.4. The molecule has 0 aliphatic heterocycles. The van der Waals surface area contributed by atoms with Crippen molar-refractivity contribution in [1.82, 2.24) is 15.0 Å². The van der Waals surface area contributed by atoms with Crippen LogP contribution < -0.4 is 0 Å². The minimum Gasteiger partial charge on any atom is -0.265 e. The molecule has 0 saturated heterocycles. The van der Waals surface area contributed by atoms with Crippen LogP contribution in [0.25, 0.3) is 78.1 Å². The maximum atomic E-state index is 5.10. The summed E-state index contributed by atoms with van der Waals surface area (Å²) in [5.41, 5.74) is 15.0. The van der Waals surface area contributed by atoms with Gasteiger partial charge in [0.25, 0.3) is 0 Å². The van der Waals surface area contributed by atoms with E-state index in [0.29, 0.717) is 5.82 Å². The van der Waals surface area contributed by atoms with E-state index < -0.39 is 0 Å². The molecule has 2 heterocycles. The first-order chi connectivity index (χ1) is 24.0. The largest absolute Gasteiger partial charge is 0.265 e. The van der Waals surface area contributed by atoms with Crippen molar-refractivity contribution in [2.75, 3.05) is 0 Å². The number of hydrogen-bond donors (Lipinski definition) is 0. The van der Waals surface area contributed by atoms with Gasteiger partial charge in [-0.05, 0) is 79.5 Å². The van der Waals surface area contributed by atoms with Gasteiger partial charge in [-0.25, -0.2) is 9.97 Å². The summed E-state index contributed by atoms with van der Waals surface area (Å²) in [6.45, 7) is 4.71. The first-order valence-electron chi connectivity index (χ1n) is 16.8. The highest BCUT2D eigenvalue weighted by atomic mass is 14.9. The molecule has 232 valence electrons. The van der Waals surface area contributed by atoms with Gasteiger partial charge in [0, 0.05) is 34.5 Å². The molecule has 6 aromatic carbocycles. The second kappa shape index (κ2) is 11.5. The van der Waals surface area contributed by atoms with E-state index in [0.717, 1.165) is 39.2 Å². The Labute approximate surface area is 286 Å². The van der Waals surface area contributed by atoms with Crippen LogP contribution in [0.3, 0.4) is 0 Å². The zero-order valence-corrected chi connectivity index (χ0v) is 27.4. The quantitative estimate of drug-likeness (QED) is 0.191. The summed E-state index contributed by atoms with van der Waals surface area (Å²) >= 11 is 0. The number of aromatic nitrogens is 3. The van der Waals surface area contributed by atoms with Crippen LogP contribution in [0.5, 0.6) is 0 Å². The molecule has 0 radical (unpaired) electrons. The van der Waals surface area contributed by atoms with E-state index in [-0.39, 0.29) is 5.41 Å². The normalized spacial score (nSPS) is 12.9. The number of benzene rings is 6. The lowest BCUT2D eigenvalue weighted by molar-refractivity contribution is 0.666. The van der Waals surface area contributed by atoms with Gasteiger partial charge < -0.3 is 0 Å². The molecule has 3 nitrogen and oxygen atoms in total. The van der Waals surface area contributed by atoms with Crippen LogP contribution in [-0.4, -0.2) is 15.0 Å². The number of hydrogen-bond acceptors (Lipinski definition) is 3. The molecule has 8 aromatic rings. The topological polar surface area (TPSA) is 38.7 Å². The Balaban J connectivity index is 1.09. The fraction of sp³-hybridized carbons (Fsp3) is 0.0652. The Morgan fingerprint density at radius 3 is 1.73 bits per heavy atom. The van der Waals surface area contributed by atoms with Crippen molar-refractivity contribution >= 4 is 10.8 Å². The standard InChI is InChI=1S/C46H33N3/c1-46(2)41-23-21-37(28-40(41)39-22-20-33-8-6-7-11-38(33)44(39)46)31-12-16-35(17-13-31)43-29-42(34-9-4-3-5-10-34)48-45(49-43)36-18-14-30(15-19-36)32-24-26-47-27-25-32/h3-29H,1-2H3. The van der Waals surface area contributed by atoms with Crippen molar-refractivity contribution in [1.29, 1.82) is 0 Å². The third-order valence-electron chi connectivity index (χ3n) is 10.0. The molecule has 0 amide bonds. The highest BCUT2D eigenvalue weighted by Crippen LogP contribution is 2.52. The van der Waals surface area contributed by atoms with Crippen molar-refractivity contribution in [3.05, 3.63) is 175 Å². The molecule has 2 aromatic heterocycles. The second-order valence-corrected chi connectivity index (χ2v) is 13.3. The minimum absolute atomic E-state index is 0.0611. The summed E-state index contributed by atoms with van der Waals surface area (Å²) in [5.74, 6) is 0.703. The Morgan fingerprint density at radius 2 is 1.00 bits per heavy atom. The summed E-state index contributed by atoms with van der Waals surface area (Å²) in [4.78, 5) is 14.3. The first-order valence-corrected chi connectivity index (χ1v) is 16.8. The third kappa shape index (κ3) is 5.03. The monoisotopic (exact) mass is 627 g/mol. The van der Waals surface area contributed by atoms with E-state index in [9.17, 15) is 0 Å². The molecule has 0 saturated carbocycles. The summed E-state index contributed by atoms with van der Waals surface area (Å²) in [6.07, 6.45) is 3.64. The van der Waals surface area contributed by atoms with Crippen LogP contribution >= 0.6 is 0 Å². The van der Waals surface area contributed by atoms with Gasteiger partial charge in [-0.3, -0.25) is 4.98 Å². The third-order valence-corrected chi connectivity index (χ3v) is 10.0. The molecular formula is C46H33N3. The van der Waals surface area contributed by atoms with Crippen LogP contribution in [0.4, 0.5) is 0 Å². The molecule has 0 spiro atoms. The average molecular weight is 628 g/mol. The molecule has 9 rings (SSSR count). The van der Waals surface area contributed by atoms with Crippen LogP contribution in [-0.2, 0) is 5.41 Å². The van der Waals surface area contributed by atoms with E-state index >= 15 is 0 Å². The van der Waals surface area contributed by atoms with Gasteiger partial charge in [0.05, 0.1) is 11.4 Å². The minimum atomic E-state index is -0.0611. The highest BCUT2D eigenvalue weighted by molar-refractivity contribution is 5.98. The molecule has 3 heteroatoms. The Morgan fingerprint density at radius 1 is 0.429 bits per heavy atom. The molecule has 1 aliphatic carbocycles. The summed E-state index contributed by atoms with van der Waals surface area (Å²) < 4.78 is 0. The van der Waals surface area contributed by atoms with Gasteiger partial charge in [-0.1, -0.05) is 141 Å². The fourth-order valence-electron chi connectivity index (χ4n) is 7.47. The van der Waals surface area contributed by atoms with E-state index in [2.05, 4.69) is 140 Å². The molecule has 0 N–H and O–H groups in total. The molecule has 0 atom stereocenters. The number of rotatable bonds is 5. The van der Waals surface area contributed by atoms with Crippen molar-refractivity contribution in [3.63, 3.8) is 0 Å². The maximum Gasteiger partial charge on any atom is 0.160 e. The van der Waals surface area contributed by atoms with Gasteiger partial charge >= 0.3 is 0 Å². The molecule has 0 fully saturated rings. The van der Waals surface area contributed by atoms with Crippen molar-refractivity contribution in [3.8, 4) is 67.3 Å². The van der Waals surface area contributed by atoms with Crippen LogP contribution in [0.15, 0.2) is 164 Å². The van der Waals surface area contributed by atoms with Gasteiger partial charge in [-0.15, -0.1) is 0 Å². The smallest absolute Gasteiger partial charge is 0.160 e. The number of nitrogens with zero attached hydrogens (tertiary/aromatic N) is 3. The van der Waals surface area contributed by atoms with Crippen LogP contribution in [0.2, 0.25) is 0 Å². The predicted molar refractivity (Wildman–Crippen MR) is 202 cm³/mol. The summed E-state index contributed by atoms with van der Waals surface area (Å²) in [7, 11) is 0. The predicted octanol–water partition coefficient (Wildman–Crippen LogP) is 11.7. The number of pyridine rings is 1. The van der Waals surface area contributed by atoms with Crippen LogP contribution in [0, 0.1) is 0 Å². The molecule has 0 bridgehead atoms. The van der Waals surface area contributed by atoms with E-state index in [1.165, 1.54) is 44.2 Å². The van der Waals surface area contributed by atoms with Gasteiger partial charge in [0.2, 0.25) is 0 Å². The first kappa shape index (κ1) is 29.0. The van der Waals surface area contributed by atoms with Gasteiger partial charge in [0.15, 0.2) is 5.82 Å². The summed E-state index contributed by atoms with van der Waals surface area (Å²) in [5, 5.41) is 2.64. The lowest BCUT2D eigenvalue weighted by atomic mass is 9.80. The van der Waals surface area contributed by atoms with E-state index in [1.807, 2.05) is 42.7 Å². The van der Waals surface area contributed by atoms with E-state index in [1.54, 1.807) is 0 Å². The maximum absolute atomic E-state index is 5.10. The van der Waals surface area contributed by atoms with E-state index in [4.69, 9.17) is 9.97 Å². The molecule has 1 aliphatic rings. The van der Waals surface area contributed by atoms with Crippen molar-refractivity contribution in [2.45, 2.75) is 19.3 Å². The Bertz CT molecular complexity index is 2480. The molecular weight excluding hydrogens is 595 g/mol. The fourth-order valence-corrected chi connectivity index (χ4v) is 7.47. The van der Waals surface area contributed by atoms with Crippen LogP contribution in [0.1, 0.15) is 25.0 Å². The molecule has 49 heavy (non-hydrogen) atoms. The average Bonchev–Trinajstić information content (AvgIpc) is 3.41. The highest BCUT2D eigenvalue weighted by Gasteiger charge is 2.36.